The van der Waals surface area contributed by atoms with Crippen LogP contribution in [0.2, 0.25) is 0 Å². The first-order chi connectivity index (χ1) is 12.2. The summed E-state index contributed by atoms with van der Waals surface area (Å²) in [7, 11) is 0. The van der Waals surface area contributed by atoms with Gasteiger partial charge in [0.05, 0.1) is 0 Å². The molecule has 0 aromatic heterocycles. The SMILES string of the molecule is CCCCCCC(C)(Sc1cc(C(C)(C)C)c(O)c(C(C)(C)C)c1)C(=O)O. The number of aliphatic carboxylic acids is 1. The van der Waals surface area contributed by atoms with E-state index in [9.17, 15) is 15.0 Å². The van der Waals surface area contributed by atoms with Crippen molar-refractivity contribution in [3.05, 3.63) is 23.3 Å². The maximum atomic E-state index is 12.0. The topological polar surface area (TPSA) is 57.5 Å². The highest BCUT2D eigenvalue weighted by molar-refractivity contribution is 8.01. The Balaban J connectivity index is 3.32. The van der Waals surface area contributed by atoms with Gasteiger partial charge in [0, 0.05) is 16.0 Å². The van der Waals surface area contributed by atoms with Crippen LogP contribution in [0.1, 0.15) is 98.6 Å². The average molecular weight is 395 g/mol. The monoisotopic (exact) mass is 394 g/mol. The van der Waals surface area contributed by atoms with Gasteiger partial charge in [0.15, 0.2) is 0 Å². The summed E-state index contributed by atoms with van der Waals surface area (Å²) in [6, 6.07) is 3.95. The highest BCUT2D eigenvalue weighted by Gasteiger charge is 2.35. The average Bonchev–Trinajstić information content (AvgIpc) is 2.51. The van der Waals surface area contributed by atoms with E-state index in [1.807, 2.05) is 19.1 Å². The number of benzene rings is 1. The van der Waals surface area contributed by atoms with Gasteiger partial charge in [0.2, 0.25) is 0 Å². The summed E-state index contributed by atoms with van der Waals surface area (Å²) in [6.45, 7) is 16.4. The number of carbonyl (C=O) groups is 1. The van der Waals surface area contributed by atoms with Crippen molar-refractivity contribution in [1.82, 2.24) is 0 Å². The van der Waals surface area contributed by atoms with Gasteiger partial charge < -0.3 is 10.2 Å². The maximum Gasteiger partial charge on any atom is 0.319 e. The fourth-order valence-corrected chi connectivity index (χ4v) is 4.37. The fraction of sp³-hybridized carbons (Fsp3) is 0.696. The van der Waals surface area contributed by atoms with E-state index in [1.165, 1.54) is 11.8 Å². The van der Waals surface area contributed by atoms with Crippen molar-refractivity contribution in [3.63, 3.8) is 0 Å². The molecule has 0 fully saturated rings. The van der Waals surface area contributed by atoms with Gasteiger partial charge in [0.25, 0.3) is 0 Å². The number of phenolic OH excluding ortho intramolecular Hbond substituents is 1. The molecule has 0 radical (unpaired) electrons. The minimum atomic E-state index is -0.866. The number of thioether (sulfide) groups is 1. The van der Waals surface area contributed by atoms with E-state index >= 15 is 0 Å². The van der Waals surface area contributed by atoms with Gasteiger partial charge in [-0.25, -0.2) is 0 Å². The number of phenols is 1. The molecule has 1 aromatic rings. The van der Waals surface area contributed by atoms with Crippen molar-refractivity contribution in [3.8, 4) is 5.75 Å². The summed E-state index contributed by atoms with van der Waals surface area (Å²) in [5.41, 5.74) is 1.30. The van der Waals surface area contributed by atoms with Crippen LogP contribution in [0, 0.1) is 0 Å². The molecule has 2 N–H and O–H groups in total. The zero-order chi connectivity index (χ0) is 21.0. The van der Waals surface area contributed by atoms with Crippen molar-refractivity contribution in [2.24, 2.45) is 0 Å². The lowest BCUT2D eigenvalue weighted by molar-refractivity contribution is -0.139. The van der Waals surface area contributed by atoms with Crippen LogP contribution < -0.4 is 0 Å². The Hall–Kier alpha value is -1.16. The second-order valence-electron chi connectivity index (χ2n) is 9.82. The lowest BCUT2D eigenvalue weighted by Gasteiger charge is -2.30. The summed E-state index contributed by atoms with van der Waals surface area (Å²) < 4.78 is -0.866. The van der Waals surface area contributed by atoms with Crippen LogP contribution in [0.15, 0.2) is 17.0 Å². The number of carboxylic acid groups (broad SMARTS) is 1. The molecule has 27 heavy (non-hydrogen) atoms. The predicted octanol–water partition coefficient (Wildman–Crippen LogP) is 6.89. The molecular formula is C23H38O3S. The summed E-state index contributed by atoms with van der Waals surface area (Å²) >= 11 is 1.42. The van der Waals surface area contributed by atoms with E-state index in [0.29, 0.717) is 12.2 Å². The molecule has 0 aliphatic heterocycles. The molecule has 0 saturated carbocycles. The third-order valence-corrected chi connectivity index (χ3v) is 6.30. The first kappa shape index (κ1) is 23.9. The molecular weight excluding hydrogens is 356 g/mol. The Labute approximate surface area is 170 Å². The van der Waals surface area contributed by atoms with E-state index in [-0.39, 0.29) is 10.8 Å². The standard InChI is InChI=1S/C23H38O3S/c1-9-10-11-12-13-23(8,20(25)26)27-16-14-17(21(2,3)4)19(24)18(15-16)22(5,6)7/h14-15,24H,9-13H2,1-8H3,(H,25,26). The Morgan fingerprint density at radius 2 is 1.41 bits per heavy atom. The molecule has 1 rings (SSSR count). The van der Waals surface area contributed by atoms with Gasteiger partial charge in [-0.1, -0.05) is 74.1 Å². The van der Waals surface area contributed by atoms with Gasteiger partial charge in [-0.2, -0.15) is 0 Å². The third-order valence-electron chi connectivity index (χ3n) is 5.00. The summed E-state index contributed by atoms with van der Waals surface area (Å²) in [5, 5.41) is 20.8. The van der Waals surface area contributed by atoms with Crippen LogP contribution in [-0.4, -0.2) is 20.9 Å². The van der Waals surface area contributed by atoms with Crippen molar-refractivity contribution in [2.75, 3.05) is 0 Å². The zero-order valence-corrected chi connectivity index (χ0v) is 19.2. The molecule has 0 aliphatic rings. The lowest BCUT2D eigenvalue weighted by atomic mass is 9.79. The maximum absolute atomic E-state index is 12.0. The van der Waals surface area contributed by atoms with Gasteiger partial charge in [-0.15, -0.1) is 11.8 Å². The third kappa shape index (κ3) is 6.44. The number of hydrogen-bond donors (Lipinski definition) is 2. The first-order valence-corrected chi connectivity index (χ1v) is 10.8. The van der Waals surface area contributed by atoms with E-state index in [1.54, 1.807) is 0 Å². The van der Waals surface area contributed by atoms with Crippen LogP contribution in [0.3, 0.4) is 0 Å². The Bertz CT molecular complexity index is 618. The molecule has 4 heteroatoms. The van der Waals surface area contributed by atoms with Crippen molar-refractivity contribution < 1.29 is 15.0 Å². The molecule has 3 nitrogen and oxygen atoms in total. The fourth-order valence-electron chi connectivity index (χ4n) is 3.16. The Kier molecular flexibility index (Phi) is 7.87. The first-order valence-electron chi connectivity index (χ1n) is 10.0. The van der Waals surface area contributed by atoms with Crippen molar-refractivity contribution in [2.45, 2.75) is 108 Å². The highest BCUT2D eigenvalue weighted by Crippen LogP contribution is 2.45. The van der Waals surface area contributed by atoms with Crippen LogP contribution in [-0.2, 0) is 15.6 Å². The summed E-state index contributed by atoms with van der Waals surface area (Å²) in [6.07, 6.45) is 4.90. The Morgan fingerprint density at radius 3 is 1.78 bits per heavy atom. The number of carboxylic acids is 1. The second kappa shape index (κ2) is 8.89. The highest BCUT2D eigenvalue weighted by atomic mass is 32.2. The van der Waals surface area contributed by atoms with E-state index in [4.69, 9.17) is 0 Å². The molecule has 154 valence electrons. The number of unbranched alkanes of at least 4 members (excludes halogenated alkanes) is 3. The van der Waals surface area contributed by atoms with Crippen LogP contribution in [0.25, 0.3) is 0 Å². The smallest absolute Gasteiger partial charge is 0.319 e. The molecule has 1 aromatic carbocycles. The molecule has 0 heterocycles. The molecule has 0 amide bonds. The van der Waals surface area contributed by atoms with Crippen LogP contribution >= 0.6 is 11.8 Å². The van der Waals surface area contributed by atoms with Gasteiger partial charge in [-0.3, -0.25) is 4.79 Å². The zero-order valence-electron chi connectivity index (χ0n) is 18.4. The van der Waals surface area contributed by atoms with E-state index < -0.39 is 10.7 Å². The lowest BCUT2D eigenvalue weighted by Crippen LogP contribution is -2.31. The van der Waals surface area contributed by atoms with Crippen LogP contribution in [0.4, 0.5) is 0 Å². The van der Waals surface area contributed by atoms with E-state index in [0.717, 1.165) is 41.7 Å². The summed E-state index contributed by atoms with van der Waals surface area (Å²) in [5.74, 6) is -0.439. The van der Waals surface area contributed by atoms with Gasteiger partial charge in [-0.05, 0) is 36.3 Å². The largest absolute Gasteiger partial charge is 0.507 e. The van der Waals surface area contributed by atoms with Gasteiger partial charge >= 0.3 is 5.97 Å². The second-order valence-corrected chi connectivity index (χ2v) is 11.4. The number of aromatic hydroxyl groups is 1. The normalized spacial score (nSPS) is 14.8. The summed E-state index contributed by atoms with van der Waals surface area (Å²) in [4.78, 5) is 13.0. The quantitative estimate of drug-likeness (QED) is 0.372. The molecule has 1 atom stereocenters. The minimum absolute atomic E-state index is 0.221. The van der Waals surface area contributed by atoms with Crippen molar-refractivity contribution in [1.29, 1.82) is 0 Å². The number of rotatable bonds is 8. The molecule has 0 bridgehead atoms. The molecule has 0 aliphatic carbocycles. The molecule has 0 spiro atoms. The molecule has 0 saturated heterocycles. The van der Waals surface area contributed by atoms with Crippen LogP contribution in [0.5, 0.6) is 5.75 Å². The van der Waals surface area contributed by atoms with Crippen molar-refractivity contribution >= 4 is 17.7 Å². The van der Waals surface area contributed by atoms with Gasteiger partial charge in [0.1, 0.15) is 10.5 Å². The Morgan fingerprint density at radius 1 is 0.926 bits per heavy atom. The predicted molar refractivity (Wildman–Crippen MR) is 116 cm³/mol. The minimum Gasteiger partial charge on any atom is -0.507 e. The molecule has 1 unspecified atom stereocenters. The van der Waals surface area contributed by atoms with E-state index in [2.05, 4.69) is 48.5 Å². The number of hydrogen-bond acceptors (Lipinski definition) is 3.